The number of hydrazine groups is 1. The molecule has 0 fully saturated rings. The molecule has 0 saturated carbocycles. The lowest BCUT2D eigenvalue weighted by atomic mass is 10.0. The van der Waals surface area contributed by atoms with Gasteiger partial charge in [-0.2, -0.15) is 0 Å². The number of rotatable bonds is 6. The first-order valence-corrected chi connectivity index (χ1v) is 6.78. The third-order valence-electron chi connectivity index (χ3n) is 2.79. The Morgan fingerprint density at radius 1 is 1.35 bits per heavy atom. The molecule has 0 spiro atoms. The van der Waals surface area contributed by atoms with Crippen molar-refractivity contribution >= 4 is 29.0 Å². The summed E-state index contributed by atoms with van der Waals surface area (Å²) in [6.07, 6.45) is 0. The SMILES string of the molecule is COC(=O)/C(C(=O)c1cc([N+](=O)[O-])ccc1Cl)=C(/C)NN(C)C. The summed E-state index contributed by atoms with van der Waals surface area (Å²) in [5.41, 5.74) is 2.27. The van der Waals surface area contributed by atoms with Crippen LogP contribution in [0.3, 0.4) is 0 Å². The lowest BCUT2D eigenvalue weighted by Crippen LogP contribution is -2.32. The molecule has 0 unspecified atom stereocenters. The maximum absolute atomic E-state index is 12.6. The third-order valence-corrected chi connectivity index (χ3v) is 3.12. The molecule has 0 aliphatic heterocycles. The van der Waals surface area contributed by atoms with E-state index in [-0.39, 0.29) is 27.5 Å². The maximum atomic E-state index is 12.6. The van der Waals surface area contributed by atoms with E-state index in [1.807, 2.05) is 0 Å². The molecule has 124 valence electrons. The van der Waals surface area contributed by atoms with Gasteiger partial charge in [0.1, 0.15) is 5.57 Å². The molecule has 1 aromatic carbocycles. The third kappa shape index (κ3) is 4.51. The number of carbonyl (C=O) groups excluding carboxylic acids is 2. The van der Waals surface area contributed by atoms with Crippen LogP contribution in [0.4, 0.5) is 5.69 Å². The summed E-state index contributed by atoms with van der Waals surface area (Å²) < 4.78 is 4.62. The number of hydrogen-bond donors (Lipinski definition) is 1. The molecule has 8 nitrogen and oxygen atoms in total. The van der Waals surface area contributed by atoms with Crippen molar-refractivity contribution in [1.82, 2.24) is 10.4 Å². The van der Waals surface area contributed by atoms with Crippen molar-refractivity contribution in [1.29, 1.82) is 0 Å². The monoisotopic (exact) mass is 341 g/mol. The number of hydrogen-bond acceptors (Lipinski definition) is 7. The summed E-state index contributed by atoms with van der Waals surface area (Å²) in [6.45, 7) is 1.51. The molecule has 0 aliphatic rings. The molecule has 0 radical (unpaired) electrons. The van der Waals surface area contributed by atoms with Crippen molar-refractivity contribution < 1.29 is 19.2 Å². The van der Waals surface area contributed by atoms with Crippen LogP contribution in [0.5, 0.6) is 0 Å². The number of nitrogens with zero attached hydrogens (tertiary/aromatic N) is 2. The molecule has 1 aromatic rings. The number of benzene rings is 1. The summed E-state index contributed by atoms with van der Waals surface area (Å²) >= 11 is 5.95. The Balaban J connectivity index is 3.44. The van der Waals surface area contributed by atoms with Crippen molar-refractivity contribution in [2.24, 2.45) is 0 Å². The second-order valence-electron chi connectivity index (χ2n) is 4.75. The molecule has 1 N–H and O–H groups in total. The molecule has 0 saturated heterocycles. The average Bonchev–Trinajstić information content (AvgIpc) is 2.46. The van der Waals surface area contributed by atoms with E-state index in [2.05, 4.69) is 10.2 Å². The van der Waals surface area contributed by atoms with Crippen LogP contribution in [0, 0.1) is 10.1 Å². The van der Waals surface area contributed by atoms with Gasteiger partial charge in [0.25, 0.3) is 5.69 Å². The van der Waals surface area contributed by atoms with Crippen LogP contribution in [-0.4, -0.2) is 42.9 Å². The molecular weight excluding hydrogens is 326 g/mol. The van der Waals surface area contributed by atoms with Crippen LogP contribution >= 0.6 is 11.6 Å². The van der Waals surface area contributed by atoms with Crippen LogP contribution in [0.2, 0.25) is 5.02 Å². The lowest BCUT2D eigenvalue weighted by molar-refractivity contribution is -0.384. The van der Waals surface area contributed by atoms with Gasteiger partial charge in [0.2, 0.25) is 5.78 Å². The molecular formula is C14H16ClN3O5. The quantitative estimate of drug-likeness (QED) is 0.160. The van der Waals surface area contributed by atoms with Crippen molar-refractivity contribution in [3.63, 3.8) is 0 Å². The Morgan fingerprint density at radius 3 is 2.43 bits per heavy atom. The van der Waals surface area contributed by atoms with Gasteiger partial charge in [-0.3, -0.25) is 14.9 Å². The predicted octanol–water partition coefficient (Wildman–Crippen LogP) is 1.94. The largest absolute Gasteiger partial charge is 0.465 e. The molecule has 0 amide bonds. The van der Waals surface area contributed by atoms with Gasteiger partial charge in [-0.15, -0.1) is 0 Å². The molecule has 0 bridgehead atoms. The summed E-state index contributed by atoms with van der Waals surface area (Å²) in [5, 5.41) is 12.4. The molecule has 0 aliphatic carbocycles. The van der Waals surface area contributed by atoms with Gasteiger partial charge in [-0.25, -0.2) is 9.80 Å². The maximum Gasteiger partial charge on any atom is 0.343 e. The average molecular weight is 342 g/mol. The number of allylic oxidation sites excluding steroid dienone is 1. The van der Waals surface area contributed by atoms with Gasteiger partial charge >= 0.3 is 5.97 Å². The van der Waals surface area contributed by atoms with Crippen molar-refractivity contribution in [2.75, 3.05) is 21.2 Å². The number of nitro groups is 1. The minimum Gasteiger partial charge on any atom is -0.465 e. The Labute approximate surface area is 137 Å². The van der Waals surface area contributed by atoms with Gasteiger partial charge < -0.3 is 10.2 Å². The number of Topliss-reactive ketones (excluding diaryl/α,β-unsaturated/α-hetero) is 1. The number of non-ortho nitro benzene ring substituents is 1. The minimum absolute atomic E-state index is 0.000318. The summed E-state index contributed by atoms with van der Waals surface area (Å²) in [6, 6.07) is 3.43. The lowest BCUT2D eigenvalue weighted by Gasteiger charge is -2.17. The first kappa shape index (κ1) is 18.6. The van der Waals surface area contributed by atoms with E-state index in [9.17, 15) is 19.7 Å². The van der Waals surface area contributed by atoms with Crippen LogP contribution < -0.4 is 5.43 Å². The molecule has 9 heteroatoms. The van der Waals surface area contributed by atoms with Crippen LogP contribution in [0.1, 0.15) is 17.3 Å². The van der Waals surface area contributed by atoms with E-state index in [1.165, 1.54) is 24.1 Å². The molecule has 0 aromatic heterocycles. The molecule has 1 rings (SSSR count). The van der Waals surface area contributed by atoms with Gasteiger partial charge in [0.05, 0.1) is 17.1 Å². The fourth-order valence-electron chi connectivity index (χ4n) is 1.84. The standard InChI is InChI=1S/C14H16ClN3O5/c1-8(16-17(2)3)12(14(20)23-4)13(19)10-7-9(18(21)22)5-6-11(10)15/h5-7,16H,1-4H3/b12-8-. The van der Waals surface area contributed by atoms with Gasteiger partial charge in [0, 0.05) is 37.5 Å². The number of ether oxygens (including phenoxy) is 1. The van der Waals surface area contributed by atoms with Crippen molar-refractivity contribution in [2.45, 2.75) is 6.92 Å². The van der Waals surface area contributed by atoms with Crippen molar-refractivity contribution in [3.05, 3.63) is 50.2 Å². The first-order chi connectivity index (χ1) is 10.7. The number of ketones is 1. The minimum atomic E-state index is -0.871. The van der Waals surface area contributed by atoms with E-state index >= 15 is 0 Å². The van der Waals surface area contributed by atoms with E-state index < -0.39 is 16.7 Å². The smallest absolute Gasteiger partial charge is 0.343 e. The fraction of sp³-hybridized carbons (Fsp3) is 0.286. The summed E-state index contributed by atoms with van der Waals surface area (Å²) in [5.74, 6) is -1.64. The second kappa shape index (κ2) is 7.70. The van der Waals surface area contributed by atoms with E-state index in [0.717, 1.165) is 13.2 Å². The van der Waals surface area contributed by atoms with Crippen LogP contribution in [0.15, 0.2) is 29.5 Å². The predicted molar refractivity (Wildman–Crippen MR) is 84.0 cm³/mol. The van der Waals surface area contributed by atoms with Gasteiger partial charge in [-0.05, 0) is 13.0 Å². The Bertz CT molecular complexity index is 685. The number of carbonyl (C=O) groups is 2. The second-order valence-corrected chi connectivity index (χ2v) is 5.16. The van der Waals surface area contributed by atoms with E-state index in [0.29, 0.717) is 0 Å². The zero-order chi connectivity index (χ0) is 17.7. The number of esters is 1. The number of methoxy groups -OCH3 is 1. The summed E-state index contributed by atoms with van der Waals surface area (Å²) in [7, 11) is 4.47. The number of halogens is 1. The Hall–Kier alpha value is -2.45. The Kier molecular flexibility index (Phi) is 6.23. The van der Waals surface area contributed by atoms with Gasteiger partial charge in [-0.1, -0.05) is 11.6 Å². The first-order valence-electron chi connectivity index (χ1n) is 6.40. The van der Waals surface area contributed by atoms with Gasteiger partial charge in [0.15, 0.2) is 0 Å². The number of nitro benzene ring substituents is 1. The van der Waals surface area contributed by atoms with E-state index in [4.69, 9.17) is 11.6 Å². The highest BCUT2D eigenvalue weighted by atomic mass is 35.5. The number of nitrogens with one attached hydrogen (secondary N) is 1. The molecule has 0 atom stereocenters. The van der Waals surface area contributed by atoms with Crippen LogP contribution in [-0.2, 0) is 9.53 Å². The van der Waals surface area contributed by atoms with E-state index in [1.54, 1.807) is 14.1 Å². The summed E-state index contributed by atoms with van der Waals surface area (Å²) in [4.78, 5) is 34.8. The zero-order valence-electron chi connectivity index (χ0n) is 13.0. The highest BCUT2D eigenvalue weighted by molar-refractivity contribution is 6.37. The van der Waals surface area contributed by atoms with Crippen molar-refractivity contribution in [3.8, 4) is 0 Å². The molecule has 23 heavy (non-hydrogen) atoms. The highest BCUT2D eigenvalue weighted by Gasteiger charge is 2.27. The van der Waals surface area contributed by atoms with Crippen LogP contribution in [0.25, 0.3) is 0 Å². The normalized spacial score (nSPS) is 11.7. The Morgan fingerprint density at radius 2 is 1.96 bits per heavy atom. The highest BCUT2D eigenvalue weighted by Crippen LogP contribution is 2.25. The zero-order valence-corrected chi connectivity index (χ0v) is 13.8. The topological polar surface area (TPSA) is 102 Å². The fourth-order valence-corrected chi connectivity index (χ4v) is 2.05. The molecule has 0 heterocycles.